The summed E-state index contributed by atoms with van der Waals surface area (Å²) in [5.74, 6) is 0.932. The molecule has 25 heavy (non-hydrogen) atoms. The van der Waals surface area contributed by atoms with E-state index in [4.69, 9.17) is 0 Å². The number of rotatable bonds is 7. The van der Waals surface area contributed by atoms with Gasteiger partial charge < -0.3 is 14.6 Å². The van der Waals surface area contributed by atoms with E-state index in [1.165, 1.54) is 0 Å². The smallest absolute Gasteiger partial charge is 0.165 e. The number of likely N-dealkylation sites (N-methyl/N-ethyl adjacent to an activating group) is 1. The predicted molar refractivity (Wildman–Crippen MR) is 97.4 cm³/mol. The van der Waals surface area contributed by atoms with Crippen molar-refractivity contribution in [2.75, 3.05) is 18.5 Å². The zero-order valence-corrected chi connectivity index (χ0v) is 14.9. The Morgan fingerprint density at radius 1 is 1.16 bits per heavy atom. The van der Waals surface area contributed by atoms with Gasteiger partial charge >= 0.3 is 0 Å². The Hall–Kier alpha value is -2.54. The number of anilines is 1. The van der Waals surface area contributed by atoms with Crippen LogP contribution in [0, 0.1) is 5.92 Å². The summed E-state index contributed by atoms with van der Waals surface area (Å²) in [6.07, 6.45) is 5.61. The average Bonchev–Trinajstić information content (AvgIpc) is 3.03. The number of aliphatic hydroxyl groups excluding tert-OH is 1. The van der Waals surface area contributed by atoms with Crippen molar-refractivity contribution in [1.29, 1.82) is 0 Å². The topological polar surface area (TPSA) is 80.0 Å². The van der Waals surface area contributed by atoms with Gasteiger partial charge in [0.2, 0.25) is 0 Å². The van der Waals surface area contributed by atoms with E-state index in [2.05, 4.69) is 24.8 Å². The van der Waals surface area contributed by atoms with Gasteiger partial charge in [0.1, 0.15) is 6.33 Å². The Morgan fingerprint density at radius 2 is 2.00 bits per heavy atom. The van der Waals surface area contributed by atoms with Crippen LogP contribution < -0.4 is 4.90 Å². The second-order valence-corrected chi connectivity index (χ2v) is 6.48. The fourth-order valence-corrected chi connectivity index (χ4v) is 2.68. The van der Waals surface area contributed by atoms with Crippen LogP contribution in [0.4, 0.5) is 5.82 Å². The van der Waals surface area contributed by atoms with Crippen LogP contribution in [0.15, 0.2) is 37.1 Å². The molecule has 1 N–H and O–H groups in total. The number of aromatic nitrogens is 5. The molecule has 0 aliphatic rings. The summed E-state index contributed by atoms with van der Waals surface area (Å²) in [5, 5.41) is 9.73. The van der Waals surface area contributed by atoms with Crippen LogP contribution in [0.3, 0.4) is 0 Å². The highest BCUT2D eigenvalue weighted by Gasteiger charge is 2.16. The lowest BCUT2D eigenvalue weighted by Crippen LogP contribution is -2.22. The zero-order valence-electron chi connectivity index (χ0n) is 14.9. The van der Waals surface area contributed by atoms with E-state index in [9.17, 15) is 5.11 Å². The number of imidazole rings is 1. The Morgan fingerprint density at radius 3 is 2.72 bits per heavy atom. The molecule has 2 unspecified atom stereocenters. The molecule has 0 aliphatic heterocycles. The van der Waals surface area contributed by atoms with E-state index >= 15 is 0 Å². The maximum Gasteiger partial charge on any atom is 0.165 e. The van der Waals surface area contributed by atoms with E-state index in [1.54, 1.807) is 19.6 Å². The van der Waals surface area contributed by atoms with E-state index in [0.717, 1.165) is 35.6 Å². The number of fused-ring (bicyclic) bond motifs is 1. The molecule has 3 aromatic rings. The SMILES string of the molecule is CC(O)C(C)Cn1cnc2c(N(C)CCc3ccccn3)ncnc21. The summed E-state index contributed by atoms with van der Waals surface area (Å²) < 4.78 is 1.98. The van der Waals surface area contributed by atoms with Crippen LogP contribution in [0.2, 0.25) is 0 Å². The standard InChI is InChI=1S/C18H24N6O/c1-13(14(2)25)10-24-12-22-16-17(20-11-21-18(16)24)23(3)9-7-15-6-4-5-8-19-15/h4-6,8,11-14,25H,7,9-10H2,1-3H3. The summed E-state index contributed by atoms with van der Waals surface area (Å²) in [4.78, 5) is 19.7. The average molecular weight is 340 g/mol. The van der Waals surface area contributed by atoms with Crippen LogP contribution in [0.25, 0.3) is 11.2 Å². The molecule has 3 aromatic heterocycles. The van der Waals surface area contributed by atoms with Gasteiger partial charge in [-0.3, -0.25) is 4.98 Å². The van der Waals surface area contributed by atoms with Gasteiger partial charge in [0.15, 0.2) is 17.0 Å². The monoisotopic (exact) mass is 340 g/mol. The highest BCUT2D eigenvalue weighted by molar-refractivity contribution is 5.83. The molecule has 0 aromatic carbocycles. The molecule has 0 aliphatic carbocycles. The summed E-state index contributed by atoms with van der Waals surface area (Å²) in [5.41, 5.74) is 2.63. The molecule has 7 heteroatoms. The van der Waals surface area contributed by atoms with Gasteiger partial charge in [-0.2, -0.15) is 0 Å². The van der Waals surface area contributed by atoms with Crippen molar-refractivity contribution < 1.29 is 5.11 Å². The van der Waals surface area contributed by atoms with Crippen molar-refractivity contribution >= 4 is 17.0 Å². The van der Waals surface area contributed by atoms with E-state index < -0.39 is 0 Å². The van der Waals surface area contributed by atoms with Gasteiger partial charge in [-0.05, 0) is 25.0 Å². The molecule has 0 saturated carbocycles. The first-order valence-electron chi connectivity index (χ1n) is 8.51. The third kappa shape index (κ3) is 3.93. The zero-order chi connectivity index (χ0) is 17.8. The molecule has 0 bridgehead atoms. The van der Waals surface area contributed by atoms with Gasteiger partial charge in [-0.15, -0.1) is 0 Å². The number of hydrogen-bond donors (Lipinski definition) is 1. The Balaban J connectivity index is 1.78. The summed E-state index contributed by atoms with van der Waals surface area (Å²) in [6, 6.07) is 5.94. The molecule has 2 atom stereocenters. The number of aliphatic hydroxyl groups is 1. The van der Waals surface area contributed by atoms with Gasteiger partial charge in [-0.25, -0.2) is 15.0 Å². The van der Waals surface area contributed by atoms with Crippen LogP contribution >= 0.6 is 0 Å². The Kier molecular flexibility index (Phi) is 5.23. The van der Waals surface area contributed by atoms with Crippen molar-refractivity contribution in [3.8, 4) is 0 Å². The van der Waals surface area contributed by atoms with E-state index in [-0.39, 0.29) is 12.0 Å². The van der Waals surface area contributed by atoms with Crippen LogP contribution in [-0.2, 0) is 13.0 Å². The Labute approximate surface area is 147 Å². The fraction of sp³-hybridized carbons (Fsp3) is 0.444. The van der Waals surface area contributed by atoms with Gasteiger partial charge in [-0.1, -0.05) is 13.0 Å². The highest BCUT2D eigenvalue weighted by Crippen LogP contribution is 2.21. The molecular formula is C18H24N6O. The Bertz CT molecular complexity index is 817. The summed E-state index contributed by atoms with van der Waals surface area (Å²) in [7, 11) is 2.00. The molecule has 3 heterocycles. The minimum absolute atomic E-state index is 0.123. The van der Waals surface area contributed by atoms with Crippen molar-refractivity contribution in [3.63, 3.8) is 0 Å². The third-order valence-electron chi connectivity index (χ3n) is 4.48. The second kappa shape index (κ2) is 7.57. The van der Waals surface area contributed by atoms with Gasteiger partial charge in [0, 0.05) is 38.4 Å². The fourth-order valence-electron chi connectivity index (χ4n) is 2.68. The van der Waals surface area contributed by atoms with Crippen molar-refractivity contribution in [1.82, 2.24) is 24.5 Å². The molecule has 132 valence electrons. The van der Waals surface area contributed by atoms with E-state index in [0.29, 0.717) is 6.54 Å². The van der Waals surface area contributed by atoms with Crippen LogP contribution in [0.5, 0.6) is 0 Å². The summed E-state index contributed by atoms with van der Waals surface area (Å²) in [6.45, 7) is 5.27. The molecular weight excluding hydrogens is 316 g/mol. The first-order valence-corrected chi connectivity index (χ1v) is 8.51. The van der Waals surface area contributed by atoms with Crippen LogP contribution in [-0.4, -0.2) is 49.3 Å². The largest absolute Gasteiger partial charge is 0.393 e. The van der Waals surface area contributed by atoms with Gasteiger partial charge in [0.05, 0.1) is 12.4 Å². The summed E-state index contributed by atoms with van der Waals surface area (Å²) >= 11 is 0. The normalized spacial score (nSPS) is 13.8. The number of pyridine rings is 1. The first-order chi connectivity index (χ1) is 12.1. The quantitative estimate of drug-likeness (QED) is 0.708. The highest BCUT2D eigenvalue weighted by atomic mass is 16.3. The molecule has 0 amide bonds. The minimum Gasteiger partial charge on any atom is -0.393 e. The maximum absolute atomic E-state index is 9.73. The van der Waals surface area contributed by atoms with E-state index in [1.807, 2.05) is 42.9 Å². The van der Waals surface area contributed by atoms with Gasteiger partial charge in [0.25, 0.3) is 0 Å². The lowest BCUT2D eigenvalue weighted by atomic mass is 10.1. The lowest BCUT2D eigenvalue weighted by Gasteiger charge is -2.18. The molecule has 0 spiro atoms. The molecule has 3 rings (SSSR count). The molecule has 0 fully saturated rings. The minimum atomic E-state index is -0.375. The lowest BCUT2D eigenvalue weighted by molar-refractivity contribution is 0.125. The molecule has 0 radical (unpaired) electrons. The van der Waals surface area contributed by atoms with Crippen molar-refractivity contribution in [2.45, 2.75) is 32.9 Å². The third-order valence-corrected chi connectivity index (χ3v) is 4.48. The van der Waals surface area contributed by atoms with Crippen molar-refractivity contribution in [3.05, 3.63) is 42.7 Å². The predicted octanol–water partition coefficient (Wildman–Crippen LogP) is 1.92. The molecule has 7 nitrogen and oxygen atoms in total. The number of hydrogen-bond acceptors (Lipinski definition) is 6. The molecule has 0 saturated heterocycles. The van der Waals surface area contributed by atoms with Crippen LogP contribution in [0.1, 0.15) is 19.5 Å². The van der Waals surface area contributed by atoms with Crippen molar-refractivity contribution in [2.24, 2.45) is 5.92 Å². The first kappa shape index (κ1) is 17.3. The second-order valence-electron chi connectivity index (χ2n) is 6.48. The maximum atomic E-state index is 9.73. The number of nitrogens with zero attached hydrogens (tertiary/aromatic N) is 6.